The fraction of sp³-hybridized carbons (Fsp3) is 0.625. The molecule has 1 atom stereocenters. The molecule has 1 aromatic rings. The number of sulfonamides is 1. The van der Waals surface area contributed by atoms with Gasteiger partial charge in [0.15, 0.2) is 0 Å². The van der Waals surface area contributed by atoms with Gasteiger partial charge in [0.05, 0.1) is 4.90 Å². The van der Waals surface area contributed by atoms with Crippen LogP contribution in [0, 0.1) is 13.8 Å². The van der Waals surface area contributed by atoms with Crippen LogP contribution >= 0.6 is 0 Å². The maximum Gasteiger partial charge on any atom is 0.243 e. The van der Waals surface area contributed by atoms with E-state index in [1.165, 1.54) is 0 Å². The summed E-state index contributed by atoms with van der Waals surface area (Å²) < 4.78 is 27.6. The topological polar surface area (TPSA) is 49.4 Å². The van der Waals surface area contributed by atoms with Gasteiger partial charge < -0.3 is 5.32 Å². The smallest absolute Gasteiger partial charge is 0.243 e. The van der Waals surface area contributed by atoms with Crippen molar-refractivity contribution >= 4 is 10.0 Å². The molecule has 1 N–H and O–H groups in total. The van der Waals surface area contributed by atoms with Crippen LogP contribution in [0.2, 0.25) is 0 Å². The molecule has 0 aromatic heterocycles. The van der Waals surface area contributed by atoms with Crippen molar-refractivity contribution < 1.29 is 8.42 Å². The maximum absolute atomic E-state index is 13.0. The molecule has 1 aromatic carbocycles. The van der Waals surface area contributed by atoms with Crippen molar-refractivity contribution in [3.8, 4) is 0 Å². The van der Waals surface area contributed by atoms with Crippen LogP contribution in [-0.2, 0) is 16.6 Å². The fourth-order valence-corrected chi connectivity index (χ4v) is 4.59. The number of benzene rings is 1. The van der Waals surface area contributed by atoms with Crippen LogP contribution in [0.3, 0.4) is 0 Å². The highest BCUT2D eigenvalue weighted by molar-refractivity contribution is 7.89. The third kappa shape index (κ3) is 3.84. The zero-order chi connectivity index (χ0) is 16.2. The highest BCUT2D eigenvalue weighted by Gasteiger charge is 2.28. The Bertz CT molecular complexity index is 582. The first-order chi connectivity index (χ1) is 9.79. The molecule has 5 heteroatoms. The summed E-state index contributed by atoms with van der Waals surface area (Å²) in [5, 5.41) is 3.08. The van der Waals surface area contributed by atoms with E-state index < -0.39 is 10.0 Å². The van der Waals surface area contributed by atoms with E-state index in [0.717, 1.165) is 23.1 Å². The van der Waals surface area contributed by atoms with Crippen LogP contribution in [0.25, 0.3) is 0 Å². The van der Waals surface area contributed by atoms with Crippen LogP contribution < -0.4 is 5.32 Å². The van der Waals surface area contributed by atoms with E-state index >= 15 is 0 Å². The second kappa shape index (κ2) is 7.38. The average Bonchev–Trinajstić information content (AvgIpc) is 2.42. The number of rotatable bonds is 7. The summed E-state index contributed by atoms with van der Waals surface area (Å²) in [6.07, 6.45) is 0.807. The van der Waals surface area contributed by atoms with Gasteiger partial charge in [-0.25, -0.2) is 8.42 Å². The molecule has 0 spiro atoms. The second-order valence-electron chi connectivity index (χ2n) is 5.53. The molecule has 0 aliphatic carbocycles. The van der Waals surface area contributed by atoms with Crippen molar-refractivity contribution in [2.45, 2.75) is 58.5 Å². The quantitative estimate of drug-likeness (QED) is 0.842. The highest BCUT2D eigenvalue weighted by atomic mass is 32.2. The molecule has 0 fully saturated rings. The summed E-state index contributed by atoms with van der Waals surface area (Å²) in [5.74, 6) is 0. The summed E-state index contributed by atoms with van der Waals surface area (Å²) in [4.78, 5) is 0.440. The minimum absolute atomic E-state index is 0.00709. The molecule has 0 saturated heterocycles. The number of hydrogen-bond donors (Lipinski definition) is 1. The van der Waals surface area contributed by atoms with Crippen molar-refractivity contribution in [1.29, 1.82) is 0 Å². The molecule has 0 aliphatic rings. The molecule has 0 bridgehead atoms. The van der Waals surface area contributed by atoms with Crippen molar-refractivity contribution in [3.63, 3.8) is 0 Å². The van der Waals surface area contributed by atoms with E-state index in [0.29, 0.717) is 18.0 Å². The third-order valence-corrected chi connectivity index (χ3v) is 6.26. The minimum atomic E-state index is -3.45. The van der Waals surface area contributed by atoms with Crippen molar-refractivity contribution in [3.05, 3.63) is 28.8 Å². The Labute approximate surface area is 129 Å². The lowest BCUT2D eigenvalue weighted by atomic mass is 10.1. The Morgan fingerprint density at radius 3 is 2.33 bits per heavy atom. The van der Waals surface area contributed by atoms with Crippen LogP contribution in [-0.4, -0.2) is 32.4 Å². The number of nitrogens with zero attached hydrogens (tertiary/aromatic N) is 1. The monoisotopic (exact) mass is 312 g/mol. The second-order valence-corrected chi connectivity index (χ2v) is 7.39. The predicted octanol–water partition coefficient (Wildman–Crippen LogP) is 2.83. The van der Waals surface area contributed by atoms with Crippen LogP contribution in [0.4, 0.5) is 0 Å². The zero-order valence-corrected chi connectivity index (χ0v) is 14.8. The highest BCUT2D eigenvalue weighted by Crippen LogP contribution is 2.26. The normalized spacial score (nSPS) is 13.7. The summed E-state index contributed by atoms with van der Waals surface area (Å²) in [7, 11) is -1.59. The molecule has 0 saturated carbocycles. The molecular formula is C16H28N2O2S. The molecule has 120 valence electrons. The molecule has 1 rings (SSSR count). The lowest BCUT2D eigenvalue weighted by Gasteiger charge is -2.27. The molecular weight excluding hydrogens is 284 g/mol. The first-order valence-corrected chi connectivity index (χ1v) is 9.00. The first kappa shape index (κ1) is 18.1. The van der Waals surface area contributed by atoms with E-state index in [1.54, 1.807) is 10.4 Å². The Balaban J connectivity index is 3.42. The van der Waals surface area contributed by atoms with Crippen molar-refractivity contribution in [2.24, 2.45) is 0 Å². The van der Waals surface area contributed by atoms with E-state index in [-0.39, 0.29) is 6.04 Å². The lowest BCUT2D eigenvalue weighted by Crippen LogP contribution is -2.38. The van der Waals surface area contributed by atoms with Crippen LogP contribution in [0.15, 0.2) is 17.0 Å². The molecule has 21 heavy (non-hydrogen) atoms. The number of hydrogen-bond acceptors (Lipinski definition) is 3. The molecule has 0 radical (unpaired) electrons. The van der Waals surface area contributed by atoms with Crippen LogP contribution in [0.5, 0.6) is 0 Å². The first-order valence-electron chi connectivity index (χ1n) is 7.56. The predicted molar refractivity (Wildman–Crippen MR) is 88.0 cm³/mol. The molecule has 4 nitrogen and oxygen atoms in total. The Kier molecular flexibility index (Phi) is 6.38. The average molecular weight is 312 g/mol. The standard InChI is InChI=1S/C16H28N2O2S/c1-7-13(4)18(8-2)21(19,20)16-10-15(11-17-6)9-12(3)14(16)5/h9-10,13,17H,7-8,11H2,1-6H3. The van der Waals surface area contributed by atoms with Gasteiger partial charge in [0, 0.05) is 19.1 Å². The number of nitrogens with one attached hydrogen (secondary N) is 1. The fourth-order valence-electron chi connectivity index (χ4n) is 2.52. The van der Waals surface area contributed by atoms with Crippen molar-refractivity contribution in [1.82, 2.24) is 9.62 Å². The Hall–Kier alpha value is -0.910. The lowest BCUT2D eigenvalue weighted by molar-refractivity contribution is 0.342. The van der Waals surface area contributed by atoms with E-state index in [9.17, 15) is 8.42 Å². The van der Waals surface area contributed by atoms with Gasteiger partial charge in [0.1, 0.15) is 0 Å². The molecule has 0 amide bonds. The van der Waals surface area contributed by atoms with Gasteiger partial charge in [-0.3, -0.25) is 0 Å². The molecule has 1 unspecified atom stereocenters. The Morgan fingerprint density at radius 2 is 1.86 bits per heavy atom. The summed E-state index contributed by atoms with van der Waals surface area (Å²) in [6.45, 7) is 10.9. The van der Waals surface area contributed by atoms with Gasteiger partial charge in [0.25, 0.3) is 0 Å². The zero-order valence-electron chi connectivity index (χ0n) is 14.0. The van der Waals surface area contributed by atoms with Gasteiger partial charge in [-0.15, -0.1) is 0 Å². The molecule has 0 aliphatic heterocycles. The summed E-state index contributed by atoms with van der Waals surface area (Å²) in [6, 6.07) is 3.86. The summed E-state index contributed by atoms with van der Waals surface area (Å²) >= 11 is 0. The minimum Gasteiger partial charge on any atom is -0.316 e. The number of aryl methyl sites for hydroxylation is 1. The van der Waals surface area contributed by atoms with E-state index in [4.69, 9.17) is 0 Å². The van der Waals surface area contributed by atoms with Gasteiger partial charge in [0.2, 0.25) is 10.0 Å². The van der Waals surface area contributed by atoms with Gasteiger partial charge in [-0.05, 0) is 57.0 Å². The molecule has 0 heterocycles. The Morgan fingerprint density at radius 1 is 1.24 bits per heavy atom. The largest absolute Gasteiger partial charge is 0.316 e. The van der Waals surface area contributed by atoms with Crippen LogP contribution in [0.1, 0.15) is 43.9 Å². The summed E-state index contributed by atoms with van der Waals surface area (Å²) in [5.41, 5.74) is 2.86. The third-order valence-electron chi connectivity index (χ3n) is 4.04. The SMILES string of the molecule is CCC(C)N(CC)S(=O)(=O)c1cc(CNC)cc(C)c1C. The maximum atomic E-state index is 13.0. The van der Waals surface area contributed by atoms with Crippen molar-refractivity contribution in [2.75, 3.05) is 13.6 Å². The van der Waals surface area contributed by atoms with Gasteiger partial charge >= 0.3 is 0 Å². The van der Waals surface area contributed by atoms with E-state index in [1.807, 2.05) is 47.7 Å². The van der Waals surface area contributed by atoms with Gasteiger partial charge in [-0.1, -0.05) is 19.9 Å². The van der Waals surface area contributed by atoms with E-state index in [2.05, 4.69) is 5.32 Å². The van der Waals surface area contributed by atoms with Gasteiger partial charge in [-0.2, -0.15) is 4.31 Å².